The van der Waals surface area contributed by atoms with Crippen LogP contribution in [0.1, 0.15) is 11.1 Å². The van der Waals surface area contributed by atoms with Crippen LogP contribution < -0.4 is 4.57 Å². The first-order valence-electron chi connectivity index (χ1n) is 7.60. The van der Waals surface area contributed by atoms with Crippen LogP contribution in [-0.2, 0) is 7.05 Å². The lowest BCUT2D eigenvalue weighted by Crippen LogP contribution is -2.30. The predicted molar refractivity (Wildman–Crippen MR) is 89.7 cm³/mol. The molecular weight excluding hydrogens is 303 g/mol. The van der Waals surface area contributed by atoms with Crippen molar-refractivity contribution in [2.45, 2.75) is 6.92 Å². The van der Waals surface area contributed by atoms with Gasteiger partial charge in [0.2, 0.25) is 5.69 Å². The summed E-state index contributed by atoms with van der Waals surface area (Å²) in [4.78, 5) is 0. The molecule has 2 aromatic heterocycles. The minimum absolute atomic E-state index is 0.193. The molecule has 0 aliphatic carbocycles. The van der Waals surface area contributed by atoms with E-state index in [1.54, 1.807) is 6.07 Å². The fourth-order valence-corrected chi connectivity index (χ4v) is 3.13. The molecule has 0 spiro atoms. The van der Waals surface area contributed by atoms with Crippen LogP contribution in [0.4, 0.5) is 4.39 Å². The number of aryl methyl sites for hydroxylation is 2. The van der Waals surface area contributed by atoms with Crippen LogP contribution >= 0.6 is 0 Å². The van der Waals surface area contributed by atoms with Crippen molar-refractivity contribution in [1.29, 1.82) is 5.26 Å². The second-order valence-corrected chi connectivity index (χ2v) is 5.91. The van der Waals surface area contributed by atoms with Crippen molar-refractivity contribution in [3.8, 4) is 17.3 Å². The largest absolute Gasteiger partial charge is 0.453 e. The van der Waals surface area contributed by atoms with Crippen molar-refractivity contribution in [1.82, 2.24) is 0 Å². The highest BCUT2D eigenvalue weighted by molar-refractivity contribution is 6.07. The van der Waals surface area contributed by atoms with Gasteiger partial charge in [0.15, 0.2) is 17.6 Å². The lowest BCUT2D eigenvalue weighted by Gasteiger charge is -2.04. The Labute approximate surface area is 138 Å². The lowest BCUT2D eigenvalue weighted by atomic mass is 10.0. The van der Waals surface area contributed by atoms with Crippen molar-refractivity contribution in [2.24, 2.45) is 7.05 Å². The minimum atomic E-state index is -0.510. The topological polar surface area (TPSA) is 40.8 Å². The monoisotopic (exact) mass is 317 g/mol. The van der Waals surface area contributed by atoms with Gasteiger partial charge in [0.25, 0.3) is 0 Å². The van der Waals surface area contributed by atoms with Crippen molar-refractivity contribution < 1.29 is 13.4 Å². The smallest absolute Gasteiger partial charge is 0.212 e. The van der Waals surface area contributed by atoms with Crippen LogP contribution in [0.3, 0.4) is 0 Å². The molecule has 0 atom stereocenters. The molecule has 2 heterocycles. The van der Waals surface area contributed by atoms with Gasteiger partial charge in [-0.15, -0.1) is 0 Å². The number of hydrogen-bond acceptors (Lipinski definition) is 2. The second kappa shape index (κ2) is 5.17. The highest BCUT2D eigenvalue weighted by Crippen LogP contribution is 2.35. The number of rotatable bonds is 1. The van der Waals surface area contributed by atoms with E-state index in [4.69, 9.17) is 9.68 Å². The Balaban J connectivity index is 2.10. The van der Waals surface area contributed by atoms with Gasteiger partial charge in [-0.1, -0.05) is 0 Å². The van der Waals surface area contributed by atoms with Crippen molar-refractivity contribution >= 4 is 21.9 Å². The van der Waals surface area contributed by atoms with Crippen LogP contribution in [0.15, 0.2) is 53.1 Å². The number of hydrogen-bond donors (Lipinski definition) is 0. The zero-order valence-corrected chi connectivity index (χ0v) is 13.3. The number of aromatic nitrogens is 1. The molecule has 4 heteroatoms. The summed E-state index contributed by atoms with van der Waals surface area (Å²) in [5.41, 5.74) is 4.26. The summed E-state index contributed by atoms with van der Waals surface area (Å²) >= 11 is 0. The van der Waals surface area contributed by atoms with Gasteiger partial charge >= 0.3 is 0 Å². The summed E-state index contributed by atoms with van der Waals surface area (Å²) in [6, 6.07) is 14.8. The number of fused-ring (bicyclic) bond motifs is 3. The van der Waals surface area contributed by atoms with Crippen LogP contribution in [0.2, 0.25) is 0 Å². The van der Waals surface area contributed by atoms with E-state index in [0.717, 1.165) is 22.2 Å². The SMILES string of the molecule is Cc1cc2oc3c(F)cc(C#N)cc3c2cc1-c1cccc[n+]1C. The molecule has 0 N–H and O–H groups in total. The summed E-state index contributed by atoms with van der Waals surface area (Å²) in [6.45, 7) is 2.01. The van der Waals surface area contributed by atoms with Crippen molar-refractivity contribution in [2.75, 3.05) is 0 Å². The molecular formula is C20H14FN2O+. The van der Waals surface area contributed by atoms with E-state index in [2.05, 4.69) is 0 Å². The molecule has 4 rings (SSSR count). The van der Waals surface area contributed by atoms with E-state index in [0.29, 0.717) is 11.0 Å². The van der Waals surface area contributed by atoms with E-state index in [9.17, 15) is 4.39 Å². The first kappa shape index (κ1) is 14.4. The highest BCUT2D eigenvalue weighted by Gasteiger charge is 2.18. The van der Waals surface area contributed by atoms with Crippen LogP contribution in [-0.4, -0.2) is 0 Å². The number of nitrogens with zero attached hydrogens (tertiary/aromatic N) is 2. The maximum atomic E-state index is 14.2. The van der Waals surface area contributed by atoms with Gasteiger partial charge < -0.3 is 4.42 Å². The molecule has 0 radical (unpaired) electrons. The summed E-state index contributed by atoms with van der Waals surface area (Å²) in [5, 5.41) is 10.5. The minimum Gasteiger partial charge on any atom is -0.453 e. The van der Waals surface area contributed by atoms with Gasteiger partial charge in [-0.05, 0) is 42.8 Å². The van der Waals surface area contributed by atoms with Crippen LogP contribution in [0, 0.1) is 24.1 Å². The van der Waals surface area contributed by atoms with E-state index in [1.165, 1.54) is 6.07 Å². The van der Waals surface area contributed by atoms with E-state index in [1.807, 2.05) is 61.1 Å². The standard InChI is InChI=1S/C20H14FN2O/c1-12-7-19-15(10-14(12)18-5-3-4-6-23(18)2)16-8-13(11-22)9-17(21)20(16)24-19/h3-10H,1-2H3/q+1. The van der Waals surface area contributed by atoms with Gasteiger partial charge in [0.05, 0.1) is 11.6 Å². The summed E-state index contributed by atoms with van der Waals surface area (Å²) in [7, 11) is 1.99. The molecule has 0 bridgehead atoms. The molecule has 0 aliphatic rings. The third kappa shape index (κ3) is 2.06. The number of benzene rings is 2. The van der Waals surface area contributed by atoms with Crippen molar-refractivity contribution in [3.63, 3.8) is 0 Å². The first-order chi connectivity index (χ1) is 11.6. The predicted octanol–water partition coefficient (Wildman–Crippen LogP) is 4.40. The lowest BCUT2D eigenvalue weighted by molar-refractivity contribution is -0.660. The van der Waals surface area contributed by atoms with Crippen LogP contribution in [0.5, 0.6) is 0 Å². The average Bonchev–Trinajstić information content (AvgIpc) is 2.92. The highest BCUT2D eigenvalue weighted by atomic mass is 19.1. The molecule has 0 fully saturated rings. The molecule has 0 unspecified atom stereocenters. The fraction of sp³-hybridized carbons (Fsp3) is 0.100. The molecule has 0 amide bonds. The molecule has 2 aromatic carbocycles. The fourth-order valence-electron chi connectivity index (χ4n) is 3.13. The molecule has 0 saturated carbocycles. The maximum absolute atomic E-state index is 14.2. The maximum Gasteiger partial charge on any atom is 0.212 e. The zero-order chi connectivity index (χ0) is 16.8. The quantitative estimate of drug-likeness (QED) is 0.488. The summed E-state index contributed by atoms with van der Waals surface area (Å²) in [6.07, 6.45) is 1.99. The van der Waals surface area contributed by atoms with Gasteiger partial charge in [0, 0.05) is 28.5 Å². The molecule has 4 aromatic rings. The Kier molecular flexibility index (Phi) is 3.10. The first-order valence-corrected chi connectivity index (χ1v) is 7.60. The van der Waals surface area contributed by atoms with Crippen LogP contribution in [0.25, 0.3) is 33.2 Å². The third-order valence-electron chi connectivity index (χ3n) is 4.33. The summed E-state index contributed by atoms with van der Waals surface area (Å²) < 4.78 is 21.9. The third-order valence-corrected chi connectivity index (χ3v) is 4.33. The number of furan rings is 1. The molecule has 0 saturated heterocycles. The van der Waals surface area contributed by atoms with E-state index < -0.39 is 5.82 Å². The Bertz CT molecular complexity index is 1150. The van der Waals surface area contributed by atoms with Gasteiger partial charge in [-0.3, -0.25) is 0 Å². The van der Waals surface area contributed by atoms with Crippen molar-refractivity contribution in [3.05, 3.63) is 65.6 Å². The second-order valence-electron chi connectivity index (χ2n) is 5.91. The van der Waals surface area contributed by atoms with Gasteiger partial charge in [-0.25, -0.2) is 8.96 Å². The normalized spacial score (nSPS) is 11.1. The molecule has 0 aliphatic heterocycles. The van der Waals surface area contributed by atoms with E-state index in [-0.39, 0.29) is 11.1 Å². The molecule has 3 nitrogen and oxygen atoms in total. The Morgan fingerprint density at radius 1 is 1.12 bits per heavy atom. The number of halogens is 1. The Hall–Kier alpha value is -3.19. The Morgan fingerprint density at radius 2 is 1.96 bits per heavy atom. The zero-order valence-electron chi connectivity index (χ0n) is 13.3. The van der Waals surface area contributed by atoms with E-state index >= 15 is 0 Å². The average molecular weight is 317 g/mol. The molecule has 116 valence electrons. The molecule has 24 heavy (non-hydrogen) atoms. The van der Waals surface area contributed by atoms with Gasteiger partial charge in [-0.2, -0.15) is 5.26 Å². The van der Waals surface area contributed by atoms with Gasteiger partial charge in [0.1, 0.15) is 12.6 Å². The summed E-state index contributed by atoms with van der Waals surface area (Å²) in [5.74, 6) is -0.510. The number of nitriles is 1. The Morgan fingerprint density at radius 3 is 2.71 bits per heavy atom. The number of pyridine rings is 1.